The second-order valence-corrected chi connectivity index (χ2v) is 7.42. The van der Waals surface area contributed by atoms with Gasteiger partial charge in [-0.15, -0.1) is 0 Å². The van der Waals surface area contributed by atoms with E-state index in [0.717, 1.165) is 29.5 Å². The van der Waals surface area contributed by atoms with Crippen LogP contribution in [0.5, 0.6) is 0 Å². The highest BCUT2D eigenvalue weighted by molar-refractivity contribution is 9.10. The molecule has 2 fully saturated rings. The molecule has 2 saturated heterocycles. The van der Waals surface area contributed by atoms with Crippen LogP contribution < -0.4 is 10.6 Å². The third-order valence-corrected chi connectivity index (χ3v) is 5.25. The van der Waals surface area contributed by atoms with E-state index < -0.39 is 0 Å². The Kier molecular flexibility index (Phi) is 5.16. The van der Waals surface area contributed by atoms with Crippen LogP contribution in [0.3, 0.4) is 0 Å². The molecule has 22 heavy (non-hydrogen) atoms. The summed E-state index contributed by atoms with van der Waals surface area (Å²) in [5, 5.41) is 6.76. The van der Waals surface area contributed by atoms with Crippen LogP contribution in [0.15, 0.2) is 28.7 Å². The quantitative estimate of drug-likeness (QED) is 0.861. The average molecular weight is 366 g/mol. The Hall–Kier alpha value is -0.910. The molecule has 2 aliphatic heterocycles. The lowest BCUT2D eigenvalue weighted by Gasteiger charge is -2.24. The summed E-state index contributed by atoms with van der Waals surface area (Å²) in [5.74, 6) is 0.119. The zero-order valence-electron chi connectivity index (χ0n) is 13.0. The van der Waals surface area contributed by atoms with Gasteiger partial charge in [0.1, 0.15) is 0 Å². The van der Waals surface area contributed by atoms with Crippen molar-refractivity contribution >= 4 is 21.8 Å². The molecular formula is C17H24BrN3O. The third-order valence-electron chi connectivity index (χ3n) is 4.72. The van der Waals surface area contributed by atoms with Crippen LogP contribution in [-0.4, -0.2) is 42.5 Å². The maximum Gasteiger partial charge on any atom is 0.234 e. The summed E-state index contributed by atoms with van der Waals surface area (Å²) in [5.41, 5.74) is 1.13. The summed E-state index contributed by atoms with van der Waals surface area (Å²) in [6, 6.07) is 9.39. The molecule has 1 aromatic carbocycles. The zero-order valence-corrected chi connectivity index (χ0v) is 14.6. The number of carbonyl (C=O) groups is 1. The van der Waals surface area contributed by atoms with Crippen LogP contribution in [0.2, 0.25) is 0 Å². The van der Waals surface area contributed by atoms with E-state index in [-0.39, 0.29) is 11.9 Å². The van der Waals surface area contributed by atoms with Crippen LogP contribution in [0.25, 0.3) is 0 Å². The first-order valence-electron chi connectivity index (χ1n) is 8.13. The van der Waals surface area contributed by atoms with Gasteiger partial charge in [-0.2, -0.15) is 0 Å². The summed E-state index contributed by atoms with van der Waals surface area (Å²) >= 11 is 3.43. The number of benzene rings is 1. The molecule has 4 nitrogen and oxygen atoms in total. The molecule has 2 heterocycles. The Morgan fingerprint density at radius 3 is 2.82 bits per heavy atom. The predicted octanol–water partition coefficient (Wildman–Crippen LogP) is 2.45. The Balaban J connectivity index is 1.50. The highest BCUT2D eigenvalue weighted by Crippen LogP contribution is 2.20. The van der Waals surface area contributed by atoms with Gasteiger partial charge in [0.25, 0.3) is 0 Å². The number of hydrogen-bond acceptors (Lipinski definition) is 3. The van der Waals surface area contributed by atoms with Gasteiger partial charge < -0.3 is 10.6 Å². The molecule has 3 atom stereocenters. The standard InChI is InChI=1S/C17H24BrN3O/c1-12(13-2-4-14(18)5-3-13)19-17(22)11-21-9-8-15-6-7-16(10-21)20-15/h2-5,12,15-16,20H,6-11H2,1H3,(H,19,22). The van der Waals surface area contributed by atoms with Crippen molar-refractivity contribution < 1.29 is 4.79 Å². The Bertz CT molecular complexity index is 519. The van der Waals surface area contributed by atoms with Gasteiger partial charge >= 0.3 is 0 Å². The largest absolute Gasteiger partial charge is 0.348 e. The van der Waals surface area contributed by atoms with Crippen molar-refractivity contribution in [3.63, 3.8) is 0 Å². The fraction of sp³-hybridized carbons (Fsp3) is 0.588. The highest BCUT2D eigenvalue weighted by Gasteiger charge is 2.29. The van der Waals surface area contributed by atoms with Crippen molar-refractivity contribution in [1.82, 2.24) is 15.5 Å². The van der Waals surface area contributed by atoms with Crippen molar-refractivity contribution in [2.45, 2.75) is 44.3 Å². The number of amides is 1. The van der Waals surface area contributed by atoms with Crippen molar-refractivity contribution in [2.24, 2.45) is 0 Å². The minimum absolute atomic E-state index is 0.0437. The molecule has 2 N–H and O–H groups in total. The SMILES string of the molecule is CC(NC(=O)CN1CCC2CCC(C1)N2)c1ccc(Br)cc1. The van der Waals surface area contributed by atoms with Crippen LogP contribution in [0, 0.1) is 0 Å². The molecule has 5 heteroatoms. The molecule has 1 aromatic rings. The molecule has 2 bridgehead atoms. The number of rotatable bonds is 4. The van der Waals surface area contributed by atoms with Gasteiger partial charge in [-0.05, 0) is 43.9 Å². The summed E-state index contributed by atoms with van der Waals surface area (Å²) < 4.78 is 1.06. The number of nitrogens with one attached hydrogen (secondary N) is 2. The van der Waals surface area contributed by atoms with Gasteiger partial charge in [0, 0.05) is 29.6 Å². The molecule has 0 aliphatic carbocycles. The normalized spacial score (nSPS) is 26.5. The second-order valence-electron chi connectivity index (χ2n) is 6.50. The number of carbonyl (C=O) groups excluding carboxylic acids is 1. The van der Waals surface area contributed by atoms with Crippen LogP contribution >= 0.6 is 15.9 Å². The maximum atomic E-state index is 12.3. The van der Waals surface area contributed by atoms with E-state index in [9.17, 15) is 4.79 Å². The molecule has 3 rings (SSSR count). The molecule has 0 radical (unpaired) electrons. The lowest BCUT2D eigenvalue weighted by atomic mass is 10.1. The van der Waals surface area contributed by atoms with Gasteiger partial charge in [0.15, 0.2) is 0 Å². The molecular weight excluding hydrogens is 342 g/mol. The van der Waals surface area contributed by atoms with E-state index in [1.807, 2.05) is 31.2 Å². The average Bonchev–Trinajstić information content (AvgIpc) is 2.82. The van der Waals surface area contributed by atoms with Gasteiger partial charge in [0.05, 0.1) is 12.6 Å². The van der Waals surface area contributed by atoms with Gasteiger partial charge in [-0.1, -0.05) is 28.1 Å². The maximum absolute atomic E-state index is 12.3. The number of fused-ring (bicyclic) bond motifs is 2. The minimum atomic E-state index is 0.0437. The zero-order chi connectivity index (χ0) is 15.5. The van der Waals surface area contributed by atoms with E-state index in [1.54, 1.807) is 0 Å². The van der Waals surface area contributed by atoms with E-state index in [1.165, 1.54) is 12.8 Å². The molecule has 0 spiro atoms. The predicted molar refractivity (Wildman–Crippen MR) is 91.7 cm³/mol. The van der Waals surface area contributed by atoms with E-state index >= 15 is 0 Å². The smallest absolute Gasteiger partial charge is 0.234 e. The fourth-order valence-electron chi connectivity index (χ4n) is 3.48. The summed E-state index contributed by atoms with van der Waals surface area (Å²) in [6.45, 7) is 4.56. The first kappa shape index (κ1) is 16.0. The second kappa shape index (κ2) is 7.11. The summed E-state index contributed by atoms with van der Waals surface area (Å²) in [4.78, 5) is 14.6. The molecule has 2 aliphatic rings. The first-order chi connectivity index (χ1) is 10.6. The number of halogens is 1. The van der Waals surface area contributed by atoms with Crippen LogP contribution in [-0.2, 0) is 4.79 Å². The van der Waals surface area contributed by atoms with Crippen LogP contribution in [0.1, 0.15) is 37.8 Å². The van der Waals surface area contributed by atoms with Crippen molar-refractivity contribution in [1.29, 1.82) is 0 Å². The van der Waals surface area contributed by atoms with E-state index in [0.29, 0.717) is 18.6 Å². The van der Waals surface area contributed by atoms with Crippen molar-refractivity contribution in [3.8, 4) is 0 Å². The molecule has 3 unspecified atom stereocenters. The molecule has 1 amide bonds. The Morgan fingerprint density at radius 1 is 1.32 bits per heavy atom. The lowest BCUT2D eigenvalue weighted by molar-refractivity contribution is -0.122. The fourth-order valence-corrected chi connectivity index (χ4v) is 3.75. The highest BCUT2D eigenvalue weighted by atomic mass is 79.9. The summed E-state index contributed by atoms with van der Waals surface area (Å²) in [6.07, 6.45) is 3.70. The Morgan fingerprint density at radius 2 is 2.05 bits per heavy atom. The topological polar surface area (TPSA) is 44.4 Å². The lowest BCUT2D eigenvalue weighted by Crippen LogP contribution is -2.42. The molecule has 120 valence electrons. The van der Waals surface area contributed by atoms with Crippen molar-refractivity contribution in [3.05, 3.63) is 34.3 Å². The van der Waals surface area contributed by atoms with Crippen LogP contribution in [0.4, 0.5) is 0 Å². The first-order valence-corrected chi connectivity index (χ1v) is 8.92. The van der Waals surface area contributed by atoms with E-state index in [4.69, 9.17) is 0 Å². The monoisotopic (exact) mass is 365 g/mol. The number of hydrogen-bond donors (Lipinski definition) is 2. The van der Waals surface area contributed by atoms with E-state index in [2.05, 4.69) is 31.5 Å². The Labute approximate surface area is 140 Å². The molecule has 0 aromatic heterocycles. The number of likely N-dealkylation sites (tertiary alicyclic amines) is 1. The van der Waals surface area contributed by atoms with Gasteiger partial charge in [-0.25, -0.2) is 0 Å². The minimum Gasteiger partial charge on any atom is -0.348 e. The third kappa shape index (κ3) is 4.09. The van der Waals surface area contributed by atoms with Gasteiger partial charge in [0.2, 0.25) is 5.91 Å². The summed E-state index contributed by atoms with van der Waals surface area (Å²) in [7, 11) is 0. The van der Waals surface area contributed by atoms with Gasteiger partial charge in [-0.3, -0.25) is 9.69 Å². The van der Waals surface area contributed by atoms with Crippen molar-refractivity contribution in [2.75, 3.05) is 19.6 Å². The molecule has 0 saturated carbocycles. The number of nitrogens with zero attached hydrogens (tertiary/aromatic N) is 1.